The Morgan fingerprint density at radius 2 is 2.06 bits per heavy atom. The molecule has 0 atom stereocenters. The van der Waals surface area contributed by atoms with Crippen molar-refractivity contribution in [1.82, 2.24) is 9.78 Å². The molecule has 1 aromatic rings. The first-order chi connectivity index (χ1) is 7.56. The van der Waals surface area contributed by atoms with Crippen LogP contribution in [-0.4, -0.2) is 14.8 Å². The number of thiocarbonyl (C=S) groups is 1. The van der Waals surface area contributed by atoms with E-state index < -0.39 is 0 Å². The third-order valence-electron chi connectivity index (χ3n) is 2.93. The van der Waals surface area contributed by atoms with Crippen molar-refractivity contribution >= 4 is 17.2 Å². The number of aryl methyl sites for hydroxylation is 2. The largest absolute Gasteiger partial charge is 0.393 e. The summed E-state index contributed by atoms with van der Waals surface area (Å²) < 4.78 is 2.10. The maximum absolute atomic E-state index is 5.46. The van der Waals surface area contributed by atoms with E-state index in [1.54, 1.807) is 0 Å². The Kier molecular flexibility index (Phi) is 4.93. The number of rotatable bonds is 6. The summed E-state index contributed by atoms with van der Waals surface area (Å²) in [6.07, 6.45) is 4.04. The predicted octanol–water partition coefficient (Wildman–Crippen LogP) is 2.52. The monoisotopic (exact) mass is 239 g/mol. The van der Waals surface area contributed by atoms with Crippen LogP contribution in [0.4, 0.5) is 0 Å². The maximum Gasteiger partial charge on any atom is 0.0727 e. The van der Waals surface area contributed by atoms with Gasteiger partial charge in [-0.2, -0.15) is 5.10 Å². The molecule has 0 aromatic carbocycles. The summed E-state index contributed by atoms with van der Waals surface area (Å²) in [5.41, 5.74) is 9.31. The highest BCUT2D eigenvalue weighted by Gasteiger charge is 2.08. The number of nitrogens with two attached hydrogens (primary N) is 1. The molecule has 0 aliphatic rings. The predicted molar refractivity (Wildman–Crippen MR) is 71.7 cm³/mol. The SMILES string of the molecule is CCc1c(C)nn(CCCCC(N)=S)c1C. The average molecular weight is 239 g/mol. The summed E-state index contributed by atoms with van der Waals surface area (Å²) in [4.78, 5) is 0.614. The van der Waals surface area contributed by atoms with Crippen LogP contribution in [0.1, 0.15) is 43.1 Å². The van der Waals surface area contributed by atoms with Crippen LogP contribution in [0.5, 0.6) is 0 Å². The molecule has 0 saturated heterocycles. The van der Waals surface area contributed by atoms with E-state index in [2.05, 4.69) is 30.6 Å². The van der Waals surface area contributed by atoms with Crippen molar-refractivity contribution in [1.29, 1.82) is 0 Å². The standard InChI is InChI=1S/C12H21N3S/c1-4-11-9(2)14-15(10(11)3)8-6-5-7-12(13)16/h4-8H2,1-3H3,(H2,13,16). The molecule has 1 heterocycles. The van der Waals surface area contributed by atoms with Gasteiger partial charge in [0.25, 0.3) is 0 Å². The van der Waals surface area contributed by atoms with Gasteiger partial charge in [0.15, 0.2) is 0 Å². The second kappa shape index (κ2) is 5.99. The minimum Gasteiger partial charge on any atom is -0.393 e. The molecule has 90 valence electrons. The first-order valence-corrected chi connectivity index (χ1v) is 6.28. The van der Waals surface area contributed by atoms with Crippen LogP contribution < -0.4 is 5.73 Å². The molecule has 2 N–H and O–H groups in total. The van der Waals surface area contributed by atoms with Crippen LogP contribution in [0.3, 0.4) is 0 Å². The Balaban J connectivity index is 2.51. The molecule has 1 aromatic heterocycles. The molecule has 0 aliphatic carbocycles. The van der Waals surface area contributed by atoms with Gasteiger partial charge in [-0.15, -0.1) is 0 Å². The Morgan fingerprint density at radius 1 is 1.38 bits per heavy atom. The molecular weight excluding hydrogens is 218 g/mol. The molecule has 0 saturated carbocycles. The maximum atomic E-state index is 5.46. The zero-order valence-corrected chi connectivity index (χ0v) is 11.2. The molecule has 0 spiro atoms. The Bertz CT molecular complexity index is 369. The zero-order chi connectivity index (χ0) is 12.1. The van der Waals surface area contributed by atoms with Gasteiger partial charge in [0.1, 0.15) is 0 Å². The summed E-state index contributed by atoms with van der Waals surface area (Å²) in [7, 11) is 0. The van der Waals surface area contributed by atoms with E-state index in [1.807, 2.05) is 0 Å². The summed E-state index contributed by atoms with van der Waals surface area (Å²) in [6, 6.07) is 0. The normalized spacial score (nSPS) is 10.7. The van der Waals surface area contributed by atoms with E-state index in [4.69, 9.17) is 18.0 Å². The highest BCUT2D eigenvalue weighted by atomic mass is 32.1. The van der Waals surface area contributed by atoms with Gasteiger partial charge >= 0.3 is 0 Å². The Hall–Kier alpha value is -0.900. The zero-order valence-electron chi connectivity index (χ0n) is 10.4. The van der Waals surface area contributed by atoms with E-state index in [-0.39, 0.29) is 0 Å². The molecule has 0 aliphatic heterocycles. The fraction of sp³-hybridized carbons (Fsp3) is 0.667. The summed E-state index contributed by atoms with van der Waals surface area (Å²) in [5, 5.41) is 4.55. The molecule has 0 unspecified atom stereocenters. The number of aromatic nitrogens is 2. The van der Waals surface area contributed by atoms with E-state index in [0.717, 1.165) is 37.9 Å². The van der Waals surface area contributed by atoms with Gasteiger partial charge in [-0.1, -0.05) is 19.1 Å². The molecule has 0 amide bonds. The van der Waals surface area contributed by atoms with Gasteiger partial charge in [-0.05, 0) is 45.1 Å². The van der Waals surface area contributed by atoms with Gasteiger partial charge in [0, 0.05) is 12.2 Å². The lowest BCUT2D eigenvalue weighted by molar-refractivity contribution is 0.549. The summed E-state index contributed by atoms with van der Waals surface area (Å²) in [5.74, 6) is 0. The third kappa shape index (κ3) is 3.30. The van der Waals surface area contributed by atoms with Crippen molar-refractivity contribution < 1.29 is 0 Å². The van der Waals surface area contributed by atoms with E-state index >= 15 is 0 Å². The molecule has 1 rings (SSSR count). The lowest BCUT2D eigenvalue weighted by Crippen LogP contribution is -2.08. The topological polar surface area (TPSA) is 43.8 Å². The van der Waals surface area contributed by atoms with Crippen molar-refractivity contribution in [3.8, 4) is 0 Å². The number of hydrogen-bond donors (Lipinski definition) is 1. The second-order valence-electron chi connectivity index (χ2n) is 4.15. The smallest absolute Gasteiger partial charge is 0.0727 e. The lowest BCUT2D eigenvalue weighted by atomic mass is 10.1. The molecule has 16 heavy (non-hydrogen) atoms. The first kappa shape index (κ1) is 13.2. The number of nitrogens with zero attached hydrogens (tertiary/aromatic N) is 2. The molecule has 0 radical (unpaired) electrons. The van der Waals surface area contributed by atoms with Gasteiger partial charge in [-0.3, -0.25) is 4.68 Å². The van der Waals surface area contributed by atoms with Crippen LogP contribution >= 0.6 is 12.2 Å². The van der Waals surface area contributed by atoms with E-state index in [1.165, 1.54) is 11.3 Å². The molecule has 0 fully saturated rings. The van der Waals surface area contributed by atoms with Gasteiger partial charge in [0.05, 0.1) is 10.7 Å². The molecule has 3 nitrogen and oxygen atoms in total. The molecular formula is C12H21N3S. The minimum atomic E-state index is 0.614. The molecule has 0 bridgehead atoms. The third-order valence-corrected chi connectivity index (χ3v) is 3.13. The Morgan fingerprint density at radius 3 is 2.56 bits per heavy atom. The quantitative estimate of drug-likeness (QED) is 0.613. The number of hydrogen-bond acceptors (Lipinski definition) is 2. The van der Waals surface area contributed by atoms with Crippen LogP contribution in [0.25, 0.3) is 0 Å². The second-order valence-corrected chi connectivity index (χ2v) is 4.67. The highest BCUT2D eigenvalue weighted by Crippen LogP contribution is 2.14. The van der Waals surface area contributed by atoms with Crippen LogP contribution in [0.15, 0.2) is 0 Å². The van der Waals surface area contributed by atoms with E-state index in [0.29, 0.717) is 4.99 Å². The fourth-order valence-electron chi connectivity index (χ4n) is 2.02. The van der Waals surface area contributed by atoms with Crippen molar-refractivity contribution in [3.05, 3.63) is 17.0 Å². The van der Waals surface area contributed by atoms with Crippen molar-refractivity contribution in [2.45, 2.75) is 53.0 Å². The van der Waals surface area contributed by atoms with Crippen molar-refractivity contribution in [3.63, 3.8) is 0 Å². The Labute approximate surface area is 103 Å². The lowest BCUT2D eigenvalue weighted by Gasteiger charge is -2.04. The van der Waals surface area contributed by atoms with Gasteiger partial charge in [-0.25, -0.2) is 0 Å². The van der Waals surface area contributed by atoms with Crippen molar-refractivity contribution in [2.75, 3.05) is 0 Å². The molecule has 4 heteroatoms. The van der Waals surface area contributed by atoms with Crippen molar-refractivity contribution in [2.24, 2.45) is 5.73 Å². The van der Waals surface area contributed by atoms with Crippen LogP contribution in [-0.2, 0) is 13.0 Å². The van der Waals surface area contributed by atoms with Gasteiger partial charge < -0.3 is 5.73 Å². The fourth-order valence-corrected chi connectivity index (χ4v) is 2.17. The van der Waals surface area contributed by atoms with E-state index in [9.17, 15) is 0 Å². The van der Waals surface area contributed by atoms with Crippen LogP contribution in [0, 0.1) is 13.8 Å². The summed E-state index contributed by atoms with van der Waals surface area (Å²) >= 11 is 4.85. The van der Waals surface area contributed by atoms with Crippen LogP contribution in [0.2, 0.25) is 0 Å². The van der Waals surface area contributed by atoms with Gasteiger partial charge in [0.2, 0.25) is 0 Å². The summed E-state index contributed by atoms with van der Waals surface area (Å²) in [6.45, 7) is 7.37. The average Bonchev–Trinajstić information content (AvgIpc) is 2.48. The first-order valence-electron chi connectivity index (χ1n) is 5.87. The minimum absolute atomic E-state index is 0.614. The number of unbranched alkanes of at least 4 members (excludes halogenated alkanes) is 1. The highest BCUT2D eigenvalue weighted by molar-refractivity contribution is 7.80.